The molecule has 1 unspecified atom stereocenters. The number of aromatic nitrogens is 1. The molecule has 1 aromatic heterocycles. The number of piperidine rings is 1. The van der Waals surface area contributed by atoms with Crippen molar-refractivity contribution >= 4 is 6.03 Å². The summed E-state index contributed by atoms with van der Waals surface area (Å²) in [7, 11) is 0. The van der Waals surface area contributed by atoms with Crippen LogP contribution in [0.5, 0.6) is 0 Å². The van der Waals surface area contributed by atoms with Crippen molar-refractivity contribution in [1.29, 1.82) is 0 Å². The van der Waals surface area contributed by atoms with Crippen LogP contribution in [-0.4, -0.2) is 30.6 Å². The first-order valence-electron chi connectivity index (χ1n) is 9.35. The van der Waals surface area contributed by atoms with E-state index in [0.717, 1.165) is 49.2 Å². The van der Waals surface area contributed by atoms with Crippen LogP contribution in [0.4, 0.5) is 4.79 Å². The summed E-state index contributed by atoms with van der Waals surface area (Å²) in [5.41, 5.74) is 4.46. The van der Waals surface area contributed by atoms with E-state index in [4.69, 9.17) is 0 Å². The predicted molar refractivity (Wildman–Crippen MR) is 104 cm³/mol. The molecule has 0 saturated carbocycles. The van der Waals surface area contributed by atoms with Gasteiger partial charge in [-0.25, -0.2) is 4.79 Å². The van der Waals surface area contributed by atoms with Gasteiger partial charge >= 0.3 is 6.03 Å². The summed E-state index contributed by atoms with van der Waals surface area (Å²) < 4.78 is 0. The highest BCUT2D eigenvalue weighted by Crippen LogP contribution is 2.25. The SMILES string of the molecule is Cc1ccc(C(NC(=O)NCC2CCNCC2)c2cccnc2)c(C)c1. The first-order chi connectivity index (χ1) is 12.6. The van der Waals surface area contributed by atoms with E-state index in [1.54, 1.807) is 6.20 Å². The Labute approximate surface area is 155 Å². The number of aryl methyl sites for hydroxylation is 2. The predicted octanol–water partition coefficient (Wildman–Crippen LogP) is 3.09. The minimum absolute atomic E-state index is 0.127. The van der Waals surface area contributed by atoms with Crippen molar-refractivity contribution in [2.45, 2.75) is 32.7 Å². The van der Waals surface area contributed by atoms with Crippen LogP contribution in [0.25, 0.3) is 0 Å². The number of nitrogens with zero attached hydrogens (tertiary/aromatic N) is 1. The Balaban J connectivity index is 1.72. The van der Waals surface area contributed by atoms with Crippen molar-refractivity contribution in [3.8, 4) is 0 Å². The molecule has 0 bridgehead atoms. The number of hydrogen-bond donors (Lipinski definition) is 3. The van der Waals surface area contributed by atoms with Gasteiger partial charge in [0.05, 0.1) is 6.04 Å². The highest BCUT2D eigenvalue weighted by molar-refractivity contribution is 5.75. The second-order valence-electron chi connectivity index (χ2n) is 7.13. The topological polar surface area (TPSA) is 66.1 Å². The molecule has 1 saturated heterocycles. The Morgan fingerprint density at radius 1 is 1.27 bits per heavy atom. The van der Waals surface area contributed by atoms with E-state index >= 15 is 0 Å². The lowest BCUT2D eigenvalue weighted by Gasteiger charge is -2.25. The van der Waals surface area contributed by atoms with Crippen LogP contribution >= 0.6 is 0 Å². The molecule has 3 rings (SSSR count). The minimum atomic E-state index is -0.211. The average Bonchev–Trinajstić information content (AvgIpc) is 2.66. The molecule has 1 fully saturated rings. The van der Waals surface area contributed by atoms with E-state index in [0.29, 0.717) is 5.92 Å². The van der Waals surface area contributed by atoms with Gasteiger partial charge in [-0.15, -0.1) is 0 Å². The highest BCUT2D eigenvalue weighted by atomic mass is 16.2. The third-order valence-corrected chi connectivity index (χ3v) is 5.04. The number of amides is 2. The third kappa shape index (κ3) is 4.82. The number of carbonyl (C=O) groups excluding carboxylic acids is 1. The summed E-state index contributed by atoms with van der Waals surface area (Å²) in [6.45, 7) is 6.96. The fourth-order valence-electron chi connectivity index (χ4n) is 3.54. The van der Waals surface area contributed by atoms with E-state index in [1.807, 2.05) is 18.3 Å². The number of benzene rings is 1. The normalized spacial score (nSPS) is 16.1. The number of hydrogen-bond acceptors (Lipinski definition) is 3. The maximum atomic E-state index is 12.6. The lowest BCUT2D eigenvalue weighted by molar-refractivity contribution is 0.234. The van der Waals surface area contributed by atoms with Gasteiger partial charge in [0.1, 0.15) is 0 Å². The van der Waals surface area contributed by atoms with Crippen LogP contribution < -0.4 is 16.0 Å². The molecule has 2 heterocycles. The lowest BCUT2D eigenvalue weighted by atomic mass is 9.95. The summed E-state index contributed by atoms with van der Waals surface area (Å²) in [4.78, 5) is 16.8. The molecule has 1 aromatic carbocycles. The van der Waals surface area contributed by atoms with E-state index < -0.39 is 0 Å². The molecule has 0 aliphatic carbocycles. The number of carbonyl (C=O) groups is 1. The molecule has 5 heteroatoms. The van der Waals surface area contributed by atoms with Gasteiger partial charge in [0.2, 0.25) is 0 Å². The summed E-state index contributed by atoms with van der Waals surface area (Å²) in [5.74, 6) is 0.556. The van der Waals surface area contributed by atoms with Gasteiger partial charge in [-0.2, -0.15) is 0 Å². The Morgan fingerprint density at radius 2 is 2.08 bits per heavy atom. The fraction of sp³-hybridized carbons (Fsp3) is 0.429. The molecule has 0 radical (unpaired) electrons. The summed E-state index contributed by atoms with van der Waals surface area (Å²) in [6, 6.07) is 9.89. The molecular formula is C21H28N4O. The van der Waals surface area contributed by atoms with Gasteiger partial charge in [-0.3, -0.25) is 4.98 Å². The quantitative estimate of drug-likeness (QED) is 0.775. The van der Waals surface area contributed by atoms with Crippen molar-refractivity contribution in [3.05, 3.63) is 65.0 Å². The molecule has 2 amide bonds. The molecule has 1 aliphatic heterocycles. The summed E-state index contributed by atoms with van der Waals surface area (Å²) >= 11 is 0. The molecule has 0 spiro atoms. The third-order valence-electron chi connectivity index (χ3n) is 5.04. The van der Waals surface area contributed by atoms with Crippen LogP contribution in [0.1, 0.15) is 41.1 Å². The number of urea groups is 1. The van der Waals surface area contributed by atoms with Crippen molar-refractivity contribution in [2.24, 2.45) is 5.92 Å². The molecule has 2 aromatic rings. The summed E-state index contributed by atoms with van der Waals surface area (Å²) in [6.07, 6.45) is 5.80. The number of nitrogens with one attached hydrogen (secondary N) is 3. The molecule has 1 atom stereocenters. The Hall–Kier alpha value is -2.40. The second-order valence-corrected chi connectivity index (χ2v) is 7.13. The van der Waals surface area contributed by atoms with E-state index in [2.05, 4.69) is 53.0 Å². The van der Waals surface area contributed by atoms with Gasteiger partial charge in [0.15, 0.2) is 0 Å². The zero-order chi connectivity index (χ0) is 18.4. The largest absolute Gasteiger partial charge is 0.338 e. The van der Waals surface area contributed by atoms with Crippen LogP contribution in [0.3, 0.4) is 0 Å². The molecule has 5 nitrogen and oxygen atoms in total. The fourth-order valence-corrected chi connectivity index (χ4v) is 3.54. The van der Waals surface area contributed by atoms with Gasteiger partial charge in [0.25, 0.3) is 0 Å². The molecule has 1 aliphatic rings. The minimum Gasteiger partial charge on any atom is -0.338 e. The smallest absolute Gasteiger partial charge is 0.315 e. The van der Waals surface area contributed by atoms with Crippen LogP contribution in [0.15, 0.2) is 42.7 Å². The highest BCUT2D eigenvalue weighted by Gasteiger charge is 2.20. The first-order valence-corrected chi connectivity index (χ1v) is 9.35. The lowest BCUT2D eigenvalue weighted by Crippen LogP contribution is -2.42. The summed E-state index contributed by atoms with van der Waals surface area (Å²) in [5, 5.41) is 9.55. The first kappa shape index (κ1) is 18.4. The standard InChI is InChI=1S/C21H28N4O/c1-15-5-6-19(16(2)12-15)20(18-4-3-9-23-14-18)25-21(26)24-13-17-7-10-22-11-8-17/h3-6,9,12,14,17,20,22H,7-8,10-11,13H2,1-2H3,(H2,24,25,26). The van der Waals surface area contributed by atoms with Gasteiger partial charge < -0.3 is 16.0 Å². The monoisotopic (exact) mass is 352 g/mol. The maximum Gasteiger partial charge on any atom is 0.315 e. The van der Waals surface area contributed by atoms with Crippen LogP contribution in [-0.2, 0) is 0 Å². The van der Waals surface area contributed by atoms with Gasteiger partial charge in [-0.05, 0) is 68.5 Å². The van der Waals surface area contributed by atoms with Crippen LogP contribution in [0, 0.1) is 19.8 Å². The Bertz CT molecular complexity index is 726. The van der Waals surface area contributed by atoms with Gasteiger partial charge in [0, 0.05) is 18.9 Å². The van der Waals surface area contributed by atoms with Crippen molar-refractivity contribution in [2.75, 3.05) is 19.6 Å². The molecule has 26 heavy (non-hydrogen) atoms. The maximum absolute atomic E-state index is 12.6. The molecule has 138 valence electrons. The molecule has 3 N–H and O–H groups in total. The average molecular weight is 352 g/mol. The van der Waals surface area contributed by atoms with E-state index in [-0.39, 0.29) is 12.1 Å². The number of pyridine rings is 1. The van der Waals surface area contributed by atoms with Crippen molar-refractivity contribution in [1.82, 2.24) is 20.9 Å². The van der Waals surface area contributed by atoms with Gasteiger partial charge in [-0.1, -0.05) is 29.8 Å². The van der Waals surface area contributed by atoms with E-state index in [1.165, 1.54) is 5.56 Å². The van der Waals surface area contributed by atoms with E-state index in [9.17, 15) is 4.79 Å². The zero-order valence-corrected chi connectivity index (χ0v) is 15.6. The zero-order valence-electron chi connectivity index (χ0n) is 15.6. The second kappa shape index (κ2) is 8.81. The Kier molecular flexibility index (Phi) is 6.23. The van der Waals surface area contributed by atoms with Crippen molar-refractivity contribution < 1.29 is 4.79 Å². The van der Waals surface area contributed by atoms with Crippen molar-refractivity contribution in [3.63, 3.8) is 0 Å². The Morgan fingerprint density at radius 3 is 2.77 bits per heavy atom. The van der Waals surface area contributed by atoms with Crippen LogP contribution in [0.2, 0.25) is 0 Å². The molecular weight excluding hydrogens is 324 g/mol. The number of rotatable bonds is 5.